The Morgan fingerprint density at radius 3 is 1.42 bits per heavy atom. The summed E-state index contributed by atoms with van der Waals surface area (Å²) in [6.07, 6.45) is -0.205. The van der Waals surface area contributed by atoms with Crippen LogP contribution in [-0.4, -0.2) is 28.9 Å². The lowest BCUT2D eigenvalue weighted by Crippen LogP contribution is -2.13. The lowest BCUT2D eigenvalue weighted by molar-refractivity contribution is 0.201. The Bertz CT molecular complexity index is 1020. The maximum atomic E-state index is 6.18. The average Bonchev–Trinajstić information content (AvgIpc) is 3.38. The highest BCUT2D eigenvalue weighted by atomic mass is 32.1. The molecule has 5 nitrogen and oxygen atoms in total. The van der Waals surface area contributed by atoms with Crippen molar-refractivity contribution >= 4 is 25.3 Å². The molecule has 1 aromatic heterocycles. The van der Waals surface area contributed by atoms with Crippen molar-refractivity contribution < 1.29 is 9.47 Å². The number of aliphatic imine (C=N–C) groups is 2. The molecule has 0 aliphatic carbocycles. The van der Waals surface area contributed by atoms with Gasteiger partial charge in [0.2, 0.25) is 11.8 Å². The fraction of sp³-hybridized carbons (Fsp3) is 0.240. The fourth-order valence-electron chi connectivity index (χ4n) is 3.91. The van der Waals surface area contributed by atoms with Crippen molar-refractivity contribution in [2.45, 2.75) is 38.1 Å². The molecule has 0 saturated heterocycles. The molecular weight excluding hydrogens is 406 g/mol. The minimum absolute atomic E-state index is 0. The third-order valence-corrected chi connectivity index (χ3v) is 5.44. The van der Waals surface area contributed by atoms with Crippen LogP contribution in [0.15, 0.2) is 88.8 Å². The van der Waals surface area contributed by atoms with E-state index in [1.54, 1.807) is 0 Å². The first-order valence-corrected chi connectivity index (χ1v) is 10.3. The molecule has 2 aliphatic heterocycles. The Balaban J connectivity index is 0.00000231. The van der Waals surface area contributed by atoms with Crippen molar-refractivity contribution in [2.24, 2.45) is 9.98 Å². The average molecular weight is 432 g/mol. The number of pyridine rings is 1. The number of ether oxygens (including phenoxy) is 2. The van der Waals surface area contributed by atoms with Gasteiger partial charge in [0.25, 0.3) is 0 Å². The topological polar surface area (TPSA) is 56.1 Å². The predicted octanol–water partition coefficient (Wildman–Crippen LogP) is 5.01. The molecule has 5 rings (SSSR count). The van der Waals surface area contributed by atoms with Crippen LogP contribution >= 0.6 is 13.5 Å². The number of hydrogen-bond donors (Lipinski definition) is 0. The van der Waals surface area contributed by atoms with Gasteiger partial charge < -0.3 is 9.47 Å². The molecule has 3 heterocycles. The summed E-state index contributed by atoms with van der Waals surface area (Å²) in [5, 5.41) is 0. The van der Waals surface area contributed by atoms with Crippen LogP contribution < -0.4 is 0 Å². The van der Waals surface area contributed by atoms with Crippen molar-refractivity contribution in [1.29, 1.82) is 0 Å². The molecule has 0 fully saturated rings. The number of benzene rings is 2. The Kier molecular flexibility index (Phi) is 6.09. The van der Waals surface area contributed by atoms with E-state index in [4.69, 9.17) is 24.4 Å². The minimum Gasteiger partial charge on any atom is -0.466 e. The molecule has 2 aromatic carbocycles. The highest BCUT2D eigenvalue weighted by molar-refractivity contribution is 7.59. The second-order valence-electron chi connectivity index (χ2n) is 7.66. The SMILES string of the molecule is C[C@@H]1N=C(c2cccc(C3=N[C@@H](C)[C@H](c4ccccc4)O3)n2)O[C@H]1c1ccccc1.S. The van der Waals surface area contributed by atoms with Gasteiger partial charge in [-0.2, -0.15) is 13.5 Å². The highest BCUT2D eigenvalue weighted by Gasteiger charge is 2.32. The zero-order valence-corrected chi connectivity index (χ0v) is 18.5. The molecule has 0 amide bonds. The molecular formula is C25H25N3O2S. The first-order chi connectivity index (χ1) is 14.7. The summed E-state index contributed by atoms with van der Waals surface area (Å²) in [6.45, 7) is 4.12. The normalized spacial score (nSPS) is 24.5. The third-order valence-electron chi connectivity index (χ3n) is 5.44. The van der Waals surface area contributed by atoms with Gasteiger partial charge in [-0.05, 0) is 37.1 Å². The zero-order valence-electron chi connectivity index (χ0n) is 17.5. The van der Waals surface area contributed by atoms with Crippen molar-refractivity contribution in [3.8, 4) is 0 Å². The molecule has 0 radical (unpaired) electrons. The van der Waals surface area contributed by atoms with E-state index in [1.165, 1.54) is 0 Å². The monoisotopic (exact) mass is 431 g/mol. The summed E-state index contributed by atoms with van der Waals surface area (Å²) in [5.41, 5.74) is 3.62. The second-order valence-corrected chi connectivity index (χ2v) is 7.66. The maximum Gasteiger partial charge on any atom is 0.236 e. The first-order valence-electron chi connectivity index (χ1n) is 10.3. The summed E-state index contributed by atoms with van der Waals surface area (Å²) in [5.74, 6) is 1.12. The van der Waals surface area contributed by atoms with Gasteiger partial charge in [-0.15, -0.1) is 0 Å². The quantitative estimate of drug-likeness (QED) is 0.584. The van der Waals surface area contributed by atoms with Gasteiger partial charge in [0.1, 0.15) is 23.6 Å². The smallest absolute Gasteiger partial charge is 0.236 e. The van der Waals surface area contributed by atoms with Crippen LogP contribution in [0.25, 0.3) is 0 Å². The Hall–Kier alpha value is -3.12. The molecule has 2 aliphatic rings. The van der Waals surface area contributed by atoms with Crippen LogP contribution in [0.5, 0.6) is 0 Å². The van der Waals surface area contributed by atoms with Crippen molar-refractivity contribution in [3.63, 3.8) is 0 Å². The van der Waals surface area contributed by atoms with Crippen LogP contribution in [0.1, 0.15) is 48.6 Å². The van der Waals surface area contributed by atoms with Crippen molar-refractivity contribution in [3.05, 3.63) is 101 Å². The van der Waals surface area contributed by atoms with Gasteiger partial charge >= 0.3 is 0 Å². The van der Waals surface area contributed by atoms with Crippen LogP contribution in [0.2, 0.25) is 0 Å². The molecule has 31 heavy (non-hydrogen) atoms. The summed E-state index contributed by atoms with van der Waals surface area (Å²) < 4.78 is 12.4. The van der Waals surface area contributed by atoms with Gasteiger partial charge in [-0.3, -0.25) is 0 Å². The van der Waals surface area contributed by atoms with Crippen molar-refractivity contribution in [2.75, 3.05) is 0 Å². The first kappa shape index (κ1) is 21.1. The Morgan fingerprint density at radius 1 is 0.581 bits per heavy atom. The highest BCUT2D eigenvalue weighted by Crippen LogP contribution is 2.32. The maximum absolute atomic E-state index is 6.18. The molecule has 4 atom stereocenters. The van der Waals surface area contributed by atoms with Crippen LogP contribution in [0.3, 0.4) is 0 Å². The number of rotatable bonds is 4. The van der Waals surface area contributed by atoms with Gasteiger partial charge in [0.05, 0.1) is 12.1 Å². The number of hydrogen-bond acceptors (Lipinski definition) is 5. The number of nitrogens with zero attached hydrogens (tertiary/aromatic N) is 3. The summed E-state index contributed by atoms with van der Waals surface area (Å²) >= 11 is 0. The fourth-order valence-corrected chi connectivity index (χ4v) is 3.91. The molecule has 158 valence electrons. The lowest BCUT2D eigenvalue weighted by atomic mass is 10.0. The van der Waals surface area contributed by atoms with E-state index in [-0.39, 0.29) is 37.8 Å². The molecule has 0 N–H and O–H groups in total. The zero-order chi connectivity index (χ0) is 20.5. The van der Waals surface area contributed by atoms with E-state index in [2.05, 4.69) is 38.1 Å². The van der Waals surface area contributed by atoms with Crippen molar-refractivity contribution in [1.82, 2.24) is 4.98 Å². The van der Waals surface area contributed by atoms with E-state index >= 15 is 0 Å². The largest absolute Gasteiger partial charge is 0.466 e. The number of aromatic nitrogens is 1. The third kappa shape index (κ3) is 4.21. The van der Waals surface area contributed by atoms with Gasteiger partial charge in [0.15, 0.2) is 0 Å². The van der Waals surface area contributed by atoms with E-state index in [0.717, 1.165) is 11.1 Å². The summed E-state index contributed by atoms with van der Waals surface area (Å²) in [7, 11) is 0. The molecule has 6 heteroatoms. The molecule has 0 spiro atoms. The minimum atomic E-state index is -0.103. The standard InChI is InChI=1S/C25H23N3O2.H2S/c1-16-22(18-10-5-3-6-11-18)29-24(26-16)20-14-9-15-21(28-20)25-27-17(2)23(30-25)19-12-7-4-8-13-19;/h3-17,22-23H,1-2H3;1H2/t16-,17-,22+,23+;/m0./s1. The lowest BCUT2D eigenvalue weighted by Gasteiger charge is -2.15. The van der Waals surface area contributed by atoms with E-state index in [0.29, 0.717) is 23.2 Å². The van der Waals surface area contributed by atoms with Crippen LogP contribution in [0, 0.1) is 0 Å². The summed E-state index contributed by atoms with van der Waals surface area (Å²) in [6, 6.07) is 26.1. The Labute approximate surface area is 189 Å². The molecule has 0 saturated carbocycles. The van der Waals surface area contributed by atoms with E-state index in [1.807, 2.05) is 54.6 Å². The second kappa shape index (κ2) is 8.94. The molecule has 3 aromatic rings. The van der Waals surface area contributed by atoms with Gasteiger partial charge in [0, 0.05) is 0 Å². The van der Waals surface area contributed by atoms with Crippen LogP contribution in [-0.2, 0) is 9.47 Å². The van der Waals surface area contributed by atoms with E-state index < -0.39 is 0 Å². The van der Waals surface area contributed by atoms with Gasteiger partial charge in [-0.1, -0.05) is 66.7 Å². The molecule has 0 unspecified atom stereocenters. The predicted molar refractivity (Wildman–Crippen MR) is 127 cm³/mol. The Morgan fingerprint density at radius 2 is 1.00 bits per heavy atom. The van der Waals surface area contributed by atoms with Crippen LogP contribution in [0.4, 0.5) is 0 Å². The van der Waals surface area contributed by atoms with Gasteiger partial charge in [-0.25, -0.2) is 15.0 Å². The summed E-state index contributed by atoms with van der Waals surface area (Å²) in [4.78, 5) is 14.2. The molecule has 0 bridgehead atoms. The van der Waals surface area contributed by atoms with E-state index in [9.17, 15) is 0 Å².